The van der Waals surface area contributed by atoms with Gasteiger partial charge in [0.1, 0.15) is 49.1 Å². The van der Waals surface area contributed by atoms with Crippen molar-refractivity contribution in [2.45, 2.75) is 142 Å². The van der Waals surface area contributed by atoms with Crippen LogP contribution in [0.2, 0.25) is 0 Å². The number of ketones is 3. The number of benzene rings is 2. The molecule has 6 heterocycles. The van der Waals surface area contributed by atoms with Crippen LogP contribution in [0, 0.1) is 17.8 Å². The van der Waals surface area contributed by atoms with Crippen LogP contribution in [-0.4, -0.2) is 214 Å². The Kier molecular flexibility index (Phi) is 33.0. The minimum absolute atomic E-state index is 0.0251. The molecule has 2 aromatic carbocycles. The van der Waals surface area contributed by atoms with Gasteiger partial charge in [-0.1, -0.05) is 49.7 Å². The fourth-order valence-electron chi connectivity index (χ4n) is 13.6. The highest BCUT2D eigenvalue weighted by atomic mass is 16.6. The summed E-state index contributed by atoms with van der Waals surface area (Å²) in [7, 11) is 0. The molecule has 3 aromatic heterocycles. The van der Waals surface area contributed by atoms with Gasteiger partial charge in [0, 0.05) is 67.4 Å². The van der Waals surface area contributed by atoms with Crippen LogP contribution in [0.25, 0.3) is 22.3 Å². The monoisotopic (exact) mass is 1470 g/mol. The van der Waals surface area contributed by atoms with E-state index in [9.17, 15) is 48.3 Å². The van der Waals surface area contributed by atoms with Crippen molar-refractivity contribution < 1.29 is 95.6 Å². The summed E-state index contributed by atoms with van der Waals surface area (Å²) in [4.78, 5) is 124. The maximum Gasteiger partial charge on any atom is 0.317 e. The molecule has 0 saturated heterocycles. The molecule has 1 saturated carbocycles. The molecule has 0 bridgehead atoms. The SMILES string of the molecule is CCc1c2c(nc3ccc(O)cc13)-c1cc3c(c(=O)n1C2)COC(=O)[C@@]3(CC)CC(=O)OCc1ccc(CC(=O)[C@H](CCCCN)CC(=O)COCC(=O)CCCOCCOCCOCCOCCOCCOCCOCCOCCn2cc(CNC(=O)C3CCC(CN4C(=O)C=CC4=O)CC3)nn2)cc1. The Morgan fingerprint density at radius 2 is 1.32 bits per heavy atom. The number of aryl methyl sites for hydroxylation is 1. The molecular weight excluding hydrogens is 1370 g/mol. The molecule has 106 heavy (non-hydrogen) atoms. The molecule has 29 heteroatoms. The summed E-state index contributed by atoms with van der Waals surface area (Å²) in [5.74, 6) is -2.77. The number of nitrogens with two attached hydrogens (primary N) is 1. The van der Waals surface area contributed by atoms with Gasteiger partial charge in [-0.3, -0.25) is 48.1 Å². The number of pyridine rings is 2. The van der Waals surface area contributed by atoms with Crippen molar-refractivity contribution in [3.05, 3.63) is 116 Å². The lowest BCUT2D eigenvalue weighted by Crippen LogP contribution is -2.46. The molecule has 0 spiro atoms. The number of nitrogens with one attached hydrogen (secondary N) is 1. The number of imide groups is 1. The smallest absolute Gasteiger partial charge is 0.317 e. The maximum atomic E-state index is 14.2. The van der Waals surface area contributed by atoms with Gasteiger partial charge >= 0.3 is 11.9 Å². The predicted molar refractivity (Wildman–Crippen MR) is 384 cm³/mol. The molecule has 576 valence electrons. The zero-order valence-electron chi connectivity index (χ0n) is 61.0. The van der Waals surface area contributed by atoms with E-state index in [1.165, 1.54) is 17.1 Å². The Labute approximate surface area is 616 Å². The number of hydrogen-bond donors (Lipinski definition) is 3. The fraction of sp³-hybridized carbons (Fsp3) is 0.584. The van der Waals surface area contributed by atoms with Crippen molar-refractivity contribution >= 4 is 57.9 Å². The molecule has 1 aliphatic carbocycles. The second-order valence-corrected chi connectivity index (χ2v) is 26.9. The summed E-state index contributed by atoms with van der Waals surface area (Å²) in [6.45, 7) is 11.3. The third kappa shape index (κ3) is 24.1. The molecule has 3 amide bonds. The number of ether oxygens (including phenoxy) is 11. The van der Waals surface area contributed by atoms with Gasteiger partial charge in [-0.25, -0.2) is 9.67 Å². The highest BCUT2D eigenvalue weighted by Gasteiger charge is 2.49. The van der Waals surface area contributed by atoms with Crippen LogP contribution in [0.15, 0.2) is 71.7 Å². The number of carbonyl (C=O) groups is 8. The number of phenols is 1. The Morgan fingerprint density at radius 1 is 0.708 bits per heavy atom. The first-order chi connectivity index (χ1) is 51.6. The lowest BCUT2D eigenvalue weighted by molar-refractivity contribution is -0.161. The number of aromatic nitrogens is 5. The molecule has 1 fully saturated rings. The van der Waals surface area contributed by atoms with Gasteiger partial charge in [0.25, 0.3) is 17.4 Å². The number of rotatable bonds is 52. The molecule has 2 atom stereocenters. The molecule has 4 aliphatic rings. The lowest BCUT2D eigenvalue weighted by atomic mass is 9.72. The number of carbonyl (C=O) groups excluding carboxylic acids is 8. The number of nitrogens with zero attached hydrogens (tertiary/aromatic N) is 6. The summed E-state index contributed by atoms with van der Waals surface area (Å²) in [6, 6.07) is 13.8. The van der Waals surface area contributed by atoms with E-state index in [2.05, 4.69) is 15.6 Å². The Bertz CT molecular complexity index is 3830. The van der Waals surface area contributed by atoms with Gasteiger partial charge in [-0.05, 0) is 117 Å². The van der Waals surface area contributed by atoms with E-state index >= 15 is 0 Å². The van der Waals surface area contributed by atoms with E-state index in [0.29, 0.717) is 215 Å². The van der Waals surface area contributed by atoms with Gasteiger partial charge in [0.05, 0.1) is 154 Å². The van der Waals surface area contributed by atoms with Gasteiger partial charge in [-0.15, -0.1) is 5.10 Å². The molecule has 9 rings (SSSR count). The van der Waals surface area contributed by atoms with Crippen molar-refractivity contribution in [2.24, 2.45) is 23.5 Å². The zero-order chi connectivity index (χ0) is 75.1. The van der Waals surface area contributed by atoms with Crippen molar-refractivity contribution in [3.63, 3.8) is 0 Å². The first kappa shape index (κ1) is 81.7. The van der Waals surface area contributed by atoms with Gasteiger partial charge < -0.3 is 72.8 Å². The average Bonchev–Trinajstić information content (AvgIpc) is 1.49. The lowest BCUT2D eigenvalue weighted by Gasteiger charge is -2.35. The topological polar surface area (TPSA) is 365 Å². The Balaban J connectivity index is 0.528. The number of unbranched alkanes of at least 4 members (excludes halogenated alkanes) is 1. The van der Waals surface area contributed by atoms with Gasteiger partial charge in [-0.2, -0.15) is 0 Å². The number of Topliss-reactive ketones (excluding diaryl/α,β-unsaturated/α-hetero) is 3. The standard InChI is InChI=1S/C77H102N8O21/c1-3-62-63-42-59(86)18-19-67(63)80-73-64(62)48-84-68(73)43-66-65(75(84)94)52-106-76(95)77(66,4-2)44-72(92)105-49-55-12-10-53(11-13-55)40-69(89)57(8-5-6-22-78)41-61(88)51-104-50-60(87)9-7-24-96-26-28-98-30-32-100-34-36-102-38-39-103-37-35-101-33-31-99-29-27-97-25-23-83-47-58(81-82-83)45-79-74(93)56-16-14-54(15-17-56)46-85-70(90)20-21-71(85)91/h10-13,18-21,42-43,47,54,56-57,86H,3-9,14-17,22-41,44-46,48-52,78H2,1-2H3,(H,79,93)/t54?,56?,57-,77+/m1/s1. The van der Waals surface area contributed by atoms with Crippen LogP contribution >= 0.6 is 0 Å². The van der Waals surface area contributed by atoms with Crippen LogP contribution in [0.3, 0.4) is 0 Å². The summed E-state index contributed by atoms with van der Waals surface area (Å²) >= 11 is 0. The van der Waals surface area contributed by atoms with E-state index in [1.54, 1.807) is 70.9 Å². The highest BCUT2D eigenvalue weighted by molar-refractivity contribution is 6.12. The predicted octanol–water partition coefficient (Wildman–Crippen LogP) is 5.49. The summed E-state index contributed by atoms with van der Waals surface area (Å²) in [5.41, 5.74) is 10.3. The molecule has 5 aromatic rings. The molecule has 0 radical (unpaired) electrons. The Hall–Kier alpha value is -8.36. The normalized spacial score (nSPS) is 17.0. The minimum atomic E-state index is -1.49. The van der Waals surface area contributed by atoms with Gasteiger partial charge in [0.15, 0.2) is 11.6 Å². The second kappa shape index (κ2) is 42.8. The van der Waals surface area contributed by atoms with Crippen molar-refractivity contribution in [1.29, 1.82) is 0 Å². The quantitative estimate of drug-likeness (QED) is 0.0241. The van der Waals surface area contributed by atoms with Gasteiger partial charge in [0.2, 0.25) is 5.91 Å². The number of amides is 3. The number of cyclic esters (lactones) is 1. The van der Waals surface area contributed by atoms with Crippen LogP contribution in [-0.2, 0) is 142 Å². The third-order valence-corrected chi connectivity index (χ3v) is 19.5. The highest BCUT2D eigenvalue weighted by Crippen LogP contribution is 2.44. The second-order valence-electron chi connectivity index (χ2n) is 26.9. The van der Waals surface area contributed by atoms with Crippen molar-refractivity contribution in [2.75, 3.05) is 132 Å². The zero-order valence-corrected chi connectivity index (χ0v) is 61.0. The number of fused-ring (bicyclic) bond motifs is 5. The number of hydrogen-bond acceptors (Lipinski definition) is 25. The van der Waals surface area contributed by atoms with Crippen LogP contribution in [0.1, 0.15) is 130 Å². The maximum absolute atomic E-state index is 14.2. The number of esters is 2. The van der Waals surface area contributed by atoms with E-state index in [1.807, 2.05) is 6.92 Å². The van der Waals surface area contributed by atoms with E-state index in [0.717, 1.165) is 29.4 Å². The molecular formula is C77H102N8O21. The summed E-state index contributed by atoms with van der Waals surface area (Å²) in [5, 5.41) is 22.3. The summed E-state index contributed by atoms with van der Waals surface area (Å²) < 4.78 is 64.7. The summed E-state index contributed by atoms with van der Waals surface area (Å²) in [6.07, 6.45) is 10.3. The third-order valence-electron chi connectivity index (χ3n) is 19.5. The van der Waals surface area contributed by atoms with Crippen LogP contribution in [0.5, 0.6) is 5.75 Å². The van der Waals surface area contributed by atoms with E-state index in [4.69, 9.17) is 62.8 Å². The molecule has 3 aliphatic heterocycles. The number of phenolic OH excluding ortho intramolecular Hbond substituents is 1. The first-order valence-corrected chi connectivity index (χ1v) is 37.1. The average molecular weight is 1480 g/mol. The van der Waals surface area contributed by atoms with Crippen molar-refractivity contribution in [3.8, 4) is 17.1 Å². The molecule has 29 nitrogen and oxygen atoms in total. The molecule has 0 unspecified atom stereocenters. The number of aromatic hydroxyl groups is 1. The van der Waals surface area contributed by atoms with E-state index < -0.39 is 23.3 Å². The molecule has 4 N–H and O–H groups in total. The Morgan fingerprint density at radius 3 is 1.94 bits per heavy atom. The van der Waals surface area contributed by atoms with E-state index in [-0.39, 0.29) is 130 Å². The van der Waals surface area contributed by atoms with Crippen LogP contribution in [0.4, 0.5) is 0 Å². The van der Waals surface area contributed by atoms with Crippen LogP contribution < -0.4 is 16.6 Å². The largest absolute Gasteiger partial charge is 0.508 e. The first-order valence-electron chi connectivity index (χ1n) is 37.1. The van der Waals surface area contributed by atoms with Crippen molar-refractivity contribution in [1.82, 2.24) is 34.8 Å². The fourth-order valence-corrected chi connectivity index (χ4v) is 13.6. The minimum Gasteiger partial charge on any atom is -0.508 e.